The van der Waals surface area contributed by atoms with Crippen molar-refractivity contribution in [3.8, 4) is 6.07 Å². The molecule has 0 bridgehead atoms. The fourth-order valence-corrected chi connectivity index (χ4v) is 0.777. The van der Waals surface area contributed by atoms with Crippen LogP contribution in [0.5, 0.6) is 0 Å². The van der Waals surface area contributed by atoms with E-state index in [9.17, 15) is 18.9 Å². The van der Waals surface area contributed by atoms with E-state index in [1.165, 1.54) is 6.07 Å². The minimum absolute atomic E-state index is 0.383. The lowest BCUT2D eigenvalue weighted by molar-refractivity contribution is -0.385. The Morgan fingerprint density at radius 3 is 2.38 bits per heavy atom. The zero-order chi connectivity index (χ0) is 10.0. The average Bonchev–Trinajstić information content (AvgIpc) is 2.08. The lowest BCUT2D eigenvalue weighted by Gasteiger charge is -1.95. The molecule has 0 saturated heterocycles. The van der Waals surface area contributed by atoms with Crippen molar-refractivity contribution in [1.82, 2.24) is 0 Å². The minimum atomic E-state index is -1.34. The standard InChI is InChI=1S/C7H2F2N2O2/c8-5-1-4(3-10)7(11(12)13)2-6(5)9/h1-2H. The van der Waals surface area contributed by atoms with Crippen LogP contribution in [0.4, 0.5) is 14.5 Å². The van der Waals surface area contributed by atoms with E-state index in [-0.39, 0.29) is 0 Å². The van der Waals surface area contributed by atoms with Gasteiger partial charge in [0.2, 0.25) is 0 Å². The van der Waals surface area contributed by atoms with Gasteiger partial charge in [-0.2, -0.15) is 5.26 Å². The topological polar surface area (TPSA) is 66.9 Å². The van der Waals surface area contributed by atoms with Gasteiger partial charge < -0.3 is 0 Å². The quantitative estimate of drug-likeness (QED) is 0.493. The number of halogens is 2. The van der Waals surface area contributed by atoms with Crippen molar-refractivity contribution in [3.05, 3.63) is 39.4 Å². The number of nitrogens with zero attached hydrogens (tertiary/aromatic N) is 2. The number of nitro groups is 1. The van der Waals surface area contributed by atoms with Crippen LogP contribution in [0, 0.1) is 33.1 Å². The van der Waals surface area contributed by atoms with Crippen molar-refractivity contribution in [1.29, 1.82) is 5.26 Å². The molecule has 1 rings (SSSR count). The normalized spacial score (nSPS) is 9.31. The maximum absolute atomic E-state index is 12.5. The van der Waals surface area contributed by atoms with Crippen LogP contribution in [-0.4, -0.2) is 4.92 Å². The highest BCUT2D eigenvalue weighted by Crippen LogP contribution is 2.20. The number of rotatable bonds is 1. The van der Waals surface area contributed by atoms with E-state index < -0.39 is 27.8 Å². The van der Waals surface area contributed by atoms with Gasteiger partial charge in [-0.15, -0.1) is 0 Å². The highest BCUT2D eigenvalue weighted by Gasteiger charge is 2.17. The van der Waals surface area contributed by atoms with E-state index in [1.54, 1.807) is 0 Å². The van der Waals surface area contributed by atoms with Crippen LogP contribution in [0.3, 0.4) is 0 Å². The Balaban J connectivity index is 3.44. The third kappa shape index (κ3) is 1.59. The highest BCUT2D eigenvalue weighted by molar-refractivity contribution is 5.48. The van der Waals surface area contributed by atoms with E-state index in [0.29, 0.717) is 12.1 Å². The van der Waals surface area contributed by atoms with Crippen LogP contribution < -0.4 is 0 Å². The zero-order valence-electron chi connectivity index (χ0n) is 6.12. The molecule has 0 aliphatic carbocycles. The Morgan fingerprint density at radius 1 is 1.38 bits per heavy atom. The van der Waals surface area contributed by atoms with Gasteiger partial charge in [-0.05, 0) is 0 Å². The first-order valence-electron chi connectivity index (χ1n) is 3.10. The lowest BCUT2D eigenvalue weighted by atomic mass is 10.2. The molecule has 0 unspecified atom stereocenters. The molecule has 0 radical (unpaired) electrons. The predicted octanol–water partition coefficient (Wildman–Crippen LogP) is 1.74. The van der Waals surface area contributed by atoms with Crippen molar-refractivity contribution < 1.29 is 13.7 Å². The van der Waals surface area contributed by atoms with Gasteiger partial charge in [-0.1, -0.05) is 0 Å². The minimum Gasteiger partial charge on any atom is -0.258 e. The van der Waals surface area contributed by atoms with Crippen LogP contribution in [0.1, 0.15) is 5.56 Å². The third-order valence-electron chi connectivity index (χ3n) is 1.36. The Hall–Kier alpha value is -2.03. The van der Waals surface area contributed by atoms with Gasteiger partial charge in [-0.25, -0.2) is 8.78 Å². The van der Waals surface area contributed by atoms with Crippen molar-refractivity contribution >= 4 is 5.69 Å². The SMILES string of the molecule is N#Cc1cc(F)c(F)cc1[N+](=O)[O-]. The monoisotopic (exact) mass is 184 g/mol. The maximum atomic E-state index is 12.5. The molecule has 1 aromatic carbocycles. The van der Waals surface area contributed by atoms with Crippen LogP contribution >= 0.6 is 0 Å². The fourth-order valence-electron chi connectivity index (χ4n) is 0.777. The second-order valence-electron chi connectivity index (χ2n) is 2.15. The summed E-state index contributed by atoms with van der Waals surface area (Å²) in [4.78, 5) is 9.27. The van der Waals surface area contributed by atoms with Crippen LogP contribution in [0.15, 0.2) is 12.1 Å². The van der Waals surface area contributed by atoms with E-state index in [1.807, 2.05) is 0 Å². The summed E-state index contributed by atoms with van der Waals surface area (Å²) in [5.74, 6) is -2.62. The first kappa shape index (κ1) is 9.06. The summed E-state index contributed by atoms with van der Waals surface area (Å²) in [6.45, 7) is 0. The van der Waals surface area contributed by atoms with Gasteiger partial charge in [0.15, 0.2) is 11.6 Å². The van der Waals surface area contributed by atoms with Crippen LogP contribution in [0.2, 0.25) is 0 Å². The van der Waals surface area contributed by atoms with Gasteiger partial charge in [0.05, 0.1) is 11.0 Å². The van der Waals surface area contributed by atoms with Gasteiger partial charge in [0.25, 0.3) is 5.69 Å². The number of hydrogen-bond acceptors (Lipinski definition) is 3. The highest BCUT2D eigenvalue weighted by atomic mass is 19.2. The molecule has 0 fully saturated rings. The first-order valence-corrected chi connectivity index (χ1v) is 3.10. The summed E-state index contributed by atoms with van der Waals surface area (Å²) >= 11 is 0. The molecule has 0 saturated carbocycles. The molecule has 1 aromatic rings. The van der Waals surface area contributed by atoms with Crippen molar-refractivity contribution in [2.45, 2.75) is 0 Å². The average molecular weight is 184 g/mol. The first-order chi connectivity index (χ1) is 6.06. The fraction of sp³-hybridized carbons (Fsp3) is 0. The van der Waals surface area contributed by atoms with E-state index >= 15 is 0 Å². The van der Waals surface area contributed by atoms with E-state index in [4.69, 9.17) is 5.26 Å². The number of nitriles is 1. The predicted molar refractivity (Wildman–Crippen MR) is 37.7 cm³/mol. The molecule has 0 amide bonds. The van der Waals surface area contributed by atoms with Crippen LogP contribution in [0.25, 0.3) is 0 Å². The Bertz CT molecular complexity index is 412. The van der Waals surface area contributed by atoms with Gasteiger partial charge in [0, 0.05) is 6.07 Å². The third-order valence-corrected chi connectivity index (χ3v) is 1.36. The molecule has 0 aliphatic heterocycles. The molecule has 0 heterocycles. The second kappa shape index (κ2) is 3.15. The molecule has 0 aromatic heterocycles. The molecular formula is C7H2F2N2O2. The maximum Gasteiger partial charge on any atom is 0.290 e. The number of benzene rings is 1. The van der Waals surface area contributed by atoms with Gasteiger partial charge in [0.1, 0.15) is 11.6 Å². The zero-order valence-corrected chi connectivity index (χ0v) is 6.12. The Morgan fingerprint density at radius 2 is 1.92 bits per heavy atom. The molecular weight excluding hydrogens is 182 g/mol. The summed E-state index contributed by atoms with van der Waals surface area (Å²) in [5.41, 5.74) is -1.23. The van der Waals surface area contributed by atoms with Gasteiger partial charge >= 0.3 is 0 Å². The van der Waals surface area contributed by atoms with E-state index in [0.717, 1.165) is 0 Å². The molecule has 0 aliphatic rings. The number of hydrogen-bond donors (Lipinski definition) is 0. The summed E-state index contributed by atoms with van der Waals surface area (Å²) in [7, 11) is 0. The summed E-state index contributed by atoms with van der Waals surface area (Å²) < 4.78 is 24.9. The summed E-state index contributed by atoms with van der Waals surface area (Å²) in [5, 5.41) is 18.5. The molecule has 66 valence electrons. The molecule has 0 spiro atoms. The lowest BCUT2D eigenvalue weighted by Crippen LogP contribution is -1.95. The smallest absolute Gasteiger partial charge is 0.258 e. The van der Waals surface area contributed by atoms with Crippen molar-refractivity contribution in [2.75, 3.05) is 0 Å². The number of nitro benzene ring substituents is 1. The summed E-state index contributed by atoms with van der Waals surface area (Å²) in [6, 6.07) is 2.27. The molecule has 0 N–H and O–H groups in total. The van der Waals surface area contributed by atoms with E-state index in [2.05, 4.69) is 0 Å². The molecule has 13 heavy (non-hydrogen) atoms. The summed E-state index contributed by atoms with van der Waals surface area (Å²) in [6.07, 6.45) is 0. The molecule has 0 atom stereocenters. The van der Waals surface area contributed by atoms with Crippen LogP contribution in [-0.2, 0) is 0 Å². The van der Waals surface area contributed by atoms with Gasteiger partial charge in [-0.3, -0.25) is 10.1 Å². The Kier molecular flexibility index (Phi) is 2.19. The van der Waals surface area contributed by atoms with Crippen molar-refractivity contribution in [2.24, 2.45) is 0 Å². The Labute approximate surface area is 71.2 Å². The largest absolute Gasteiger partial charge is 0.290 e. The molecule has 4 nitrogen and oxygen atoms in total. The second-order valence-corrected chi connectivity index (χ2v) is 2.15. The molecule has 6 heteroatoms. The van der Waals surface area contributed by atoms with Crippen molar-refractivity contribution in [3.63, 3.8) is 0 Å².